The lowest BCUT2D eigenvalue weighted by atomic mass is 9.92. The maximum absolute atomic E-state index is 12.3. The first kappa shape index (κ1) is 16.3. The lowest BCUT2D eigenvalue weighted by molar-refractivity contribution is -0.141. The number of hydrogen-bond acceptors (Lipinski definition) is 3. The van der Waals surface area contributed by atoms with Gasteiger partial charge in [-0.2, -0.15) is 0 Å². The van der Waals surface area contributed by atoms with Crippen LogP contribution < -0.4 is 5.32 Å². The molecule has 0 unspecified atom stereocenters. The third-order valence-corrected chi connectivity index (χ3v) is 4.38. The number of nitrogens with one attached hydrogen (secondary N) is 1. The molecule has 1 aliphatic carbocycles. The van der Waals surface area contributed by atoms with Crippen LogP contribution >= 0.6 is 0 Å². The Morgan fingerprint density at radius 1 is 1.14 bits per heavy atom. The Balaban J connectivity index is 1.74. The molecular formula is C16H29N3O2. The summed E-state index contributed by atoms with van der Waals surface area (Å²) in [6.07, 6.45) is 4.17. The lowest BCUT2D eigenvalue weighted by Gasteiger charge is -2.38. The summed E-state index contributed by atoms with van der Waals surface area (Å²) in [5, 5.41) is 3.03. The van der Waals surface area contributed by atoms with Crippen LogP contribution in [0.1, 0.15) is 46.5 Å². The van der Waals surface area contributed by atoms with E-state index in [1.165, 1.54) is 0 Å². The molecule has 2 aliphatic rings. The minimum Gasteiger partial charge on any atom is -0.352 e. The molecule has 0 aromatic carbocycles. The predicted octanol–water partition coefficient (Wildman–Crippen LogP) is 1.23. The van der Waals surface area contributed by atoms with Crippen molar-refractivity contribution < 1.29 is 9.59 Å². The van der Waals surface area contributed by atoms with Gasteiger partial charge in [-0.25, -0.2) is 0 Å². The molecule has 1 N–H and O–H groups in total. The van der Waals surface area contributed by atoms with Gasteiger partial charge in [0.1, 0.15) is 0 Å². The van der Waals surface area contributed by atoms with Crippen LogP contribution in [0.15, 0.2) is 0 Å². The van der Waals surface area contributed by atoms with Gasteiger partial charge in [-0.1, -0.05) is 20.8 Å². The monoisotopic (exact) mass is 295 g/mol. The number of likely N-dealkylation sites (tertiary alicyclic amines) is 1. The number of hydrogen-bond donors (Lipinski definition) is 1. The Morgan fingerprint density at radius 3 is 2.19 bits per heavy atom. The number of amides is 2. The molecule has 1 saturated heterocycles. The van der Waals surface area contributed by atoms with Crippen LogP contribution in [-0.4, -0.2) is 60.4 Å². The second-order valence-corrected chi connectivity index (χ2v) is 7.52. The van der Waals surface area contributed by atoms with Gasteiger partial charge in [-0.15, -0.1) is 0 Å². The summed E-state index contributed by atoms with van der Waals surface area (Å²) in [6.45, 7) is 8.17. The van der Waals surface area contributed by atoms with Crippen molar-refractivity contribution in [3.05, 3.63) is 0 Å². The molecule has 0 atom stereocenters. The van der Waals surface area contributed by atoms with Crippen molar-refractivity contribution in [3.8, 4) is 0 Å². The normalized spacial score (nSPS) is 21.1. The zero-order valence-electron chi connectivity index (χ0n) is 13.8. The van der Waals surface area contributed by atoms with Crippen LogP contribution in [0.5, 0.6) is 0 Å². The van der Waals surface area contributed by atoms with Crippen LogP contribution in [0.4, 0.5) is 0 Å². The average Bonchev–Trinajstić information content (AvgIpc) is 3.20. The number of piperidine rings is 1. The molecule has 0 bridgehead atoms. The molecule has 120 valence electrons. The van der Waals surface area contributed by atoms with Crippen molar-refractivity contribution in [3.63, 3.8) is 0 Å². The standard InChI is InChI=1S/C16H29N3O2/c1-16(2,3)15(21)18(4)13-7-9-19(10-8-13)11-14(20)17-12-5-6-12/h12-13H,5-11H2,1-4H3,(H,17,20). The molecule has 2 rings (SSSR count). The molecule has 0 spiro atoms. The first-order chi connectivity index (χ1) is 9.77. The van der Waals surface area contributed by atoms with Gasteiger partial charge in [0.2, 0.25) is 11.8 Å². The molecule has 0 aromatic rings. The van der Waals surface area contributed by atoms with E-state index in [2.05, 4.69) is 10.2 Å². The van der Waals surface area contributed by atoms with E-state index >= 15 is 0 Å². The van der Waals surface area contributed by atoms with Gasteiger partial charge >= 0.3 is 0 Å². The maximum atomic E-state index is 12.3. The SMILES string of the molecule is CN(C(=O)C(C)(C)C)C1CCN(CC(=O)NC2CC2)CC1. The fourth-order valence-corrected chi connectivity index (χ4v) is 2.86. The third kappa shape index (κ3) is 4.70. The topological polar surface area (TPSA) is 52.7 Å². The fraction of sp³-hybridized carbons (Fsp3) is 0.875. The Kier molecular flexibility index (Phi) is 4.91. The summed E-state index contributed by atoms with van der Waals surface area (Å²) in [4.78, 5) is 28.2. The smallest absolute Gasteiger partial charge is 0.234 e. The minimum atomic E-state index is -0.323. The van der Waals surface area contributed by atoms with Gasteiger partial charge in [-0.05, 0) is 25.7 Å². The Labute approximate surface area is 128 Å². The van der Waals surface area contributed by atoms with Gasteiger partial charge in [0, 0.05) is 37.6 Å². The third-order valence-electron chi connectivity index (χ3n) is 4.38. The van der Waals surface area contributed by atoms with Gasteiger partial charge < -0.3 is 10.2 Å². The summed E-state index contributed by atoms with van der Waals surface area (Å²) < 4.78 is 0. The Bertz CT molecular complexity index is 391. The summed E-state index contributed by atoms with van der Waals surface area (Å²) in [7, 11) is 1.91. The average molecular weight is 295 g/mol. The Hall–Kier alpha value is -1.10. The molecule has 2 amide bonds. The number of nitrogens with zero attached hydrogens (tertiary/aromatic N) is 2. The maximum Gasteiger partial charge on any atom is 0.234 e. The molecule has 5 nitrogen and oxygen atoms in total. The molecular weight excluding hydrogens is 266 g/mol. The van der Waals surface area contributed by atoms with E-state index in [1.54, 1.807) is 0 Å². The van der Waals surface area contributed by atoms with Crippen LogP contribution in [0.25, 0.3) is 0 Å². The first-order valence-corrected chi connectivity index (χ1v) is 8.06. The van der Waals surface area contributed by atoms with Crippen molar-refractivity contribution in [1.29, 1.82) is 0 Å². The number of rotatable bonds is 4. The van der Waals surface area contributed by atoms with Crippen molar-refractivity contribution >= 4 is 11.8 Å². The van der Waals surface area contributed by atoms with Gasteiger partial charge in [-0.3, -0.25) is 14.5 Å². The second kappa shape index (κ2) is 6.34. The van der Waals surface area contributed by atoms with Crippen molar-refractivity contribution in [2.75, 3.05) is 26.7 Å². The second-order valence-electron chi connectivity index (χ2n) is 7.52. The fourth-order valence-electron chi connectivity index (χ4n) is 2.86. The summed E-state index contributed by atoms with van der Waals surface area (Å²) in [6, 6.07) is 0.741. The summed E-state index contributed by atoms with van der Waals surface area (Å²) >= 11 is 0. The van der Waals surface area contributed by atoms with Gasteiger partial charge in [0.05, 0.1) is 6.54 Å². The van der Waals surface area contributed by atoms with E-state index in [4.69, 9.17) is 0 Å². The van der Waals surface area contributed by atoms with E-state index in [1.807, 2.05) is 32.7 Å². The van der Waals surface area contributed by atoms with Gasteiger partial charge in [0.25, 0.3) is 0 Å². The highest BCUT2D eigenvalue weighted by molar-refractivity contribution is 5.81. The zero-order valence-corrected chi connectivity index (χ0v) is 13.8. The zero-order chi connectivity index (χ0) is 15.6. The molecule has 1 aliphatic heterocycles. The van der Waals surface area contributed by atoms with Crippen LogP contribution in [-0.2, 0) is 9.59 Å². The van der Waals surface area contributed by atoms with E-state index < -0.39 is 0 Å². The number of carbonyl (C=O) groups is 2. The van der Waals surface area contributed by atoms with Crippen molar-refractivity contribution in [1.82, 2.24) is 15.1 Å². The highest BCUT2D eigenvalue weighted by Gasteiger charge is 2.32. The Morgan fingerprint density at radius 2 is 1.71 bits per heavy atom. The first-order valence-electron chi connectivity index (χ1n) is 8.06. The molecule has 1 saturated carbocycles. The molecule has 21 heavy (non-hydrogen) atoms. The minimum absolute atomic E-state index is 0.148. The molecule has 0 aromatic heterocycles. The predicted molar refractivity (Wildman–Crippen MR) is 82.9 cm³/mol. The lowest BCUT2D eigenvalue weighted by Crippen LogP contribution is -2.50. The van der Waals surface area contributed by atoms with E-state index in [0.717, 1.165) is 38.8 Å². The van der Waals surface area contributed by atoms with E-state index in [0.29, 0.717) is 18.6 Å². The largest absolute Gasteiger partial charge is 0.352 e. The number of carbonyl (C=O) groups excluding carboxylic acids is 2. The quantitative estimate of drug-likeness (QED) is 0.849. The van der Waals surface area contributed by atoms with E-state index in [-0.39, 0.29) is 17.2 Å². The van der Waals surface area contributed by atoms with Gasteiger partial charge in [0.15, 0.2) is 0 Å². The molecule has 5 heteroatoms. The molecule has 1 heterocycles. The molecule has 0 radical (unpaired) electrons. The summed E-state index contributed by atoms with van der Waals surface area (Å²) in [5.41, 5.74) is -0.323. The van der Waals surface area contributed by atoms with Crippen LogP contribution in [0.3, 0.4) is 0 Å². The van der Waals surface area contributed by atoms with E-state index in [9.17, 15) is 9.59 Å². The van der Waals surface area contributed by atoms with Crippen molar-refractivity contribution in [2.45, 2.75) is 58.5 Å². The van der Waals surface area contributed by atoms with Crippen molar-refractivity contribution in [2.24, 2.45) is 5.41 Å². The van der Waals surface area contributed by atoms with Crippen LogP contribution in [0.2, 0.25) is 0 Å². The molecule has 2 fully saturated rings. The van der Waals surface area contributed by atoms with Crippen LogP contribution in [0, 0.1) is 5.41 Å². The highest BCUT2D eigenvalue weighted by atomic mass is 16.2. The highest BCUT2D eigenvalue weighted by Crippen LogP contribution is 2.23. The summed E-state index contributed by atoms with van der Waals surface area (Å²) in [5.74, 6) is 0.350.